The summed E-state index contributed by atoms with van der Waals surface area (Å²) in [6.45, 7) is 20.4. The number of carbonyl (C=O) groups is 1. The molecule has 8 fully saturated rings. The Kier molecular flexibility index (Phi) is 12.1. The van der Waals surface area contributed by atoms with Crippen LogP contribution in [-0.4, -0.2) is 123 Å². The fourth-order valence-electron chi connectivity index (χ4n) is 13.2. The van der Waals surface area contributed by atoms with Crippen LogP contribution in [0.15, 0.2) is 36.0 Å². The molecule has 348 valence electrons. The van der Waals surface area contributed by atoms with Gasteiger partial charge in [0.05, 0.1) is 55.3 Å². The Labute approximate surface area is 367 Å². The number of piperidine rings is 1. The van der Waals surface area contributed by atoms with E-state index in [0.717, 1.165) is 43.4 Å². The number of fused-ring (bicyclic) bond motifs is 5. The highest BCUT2D eigenvalue weighted by Gasteiger charge is 2.64. The molecule has 0 aromatic heterocycles. The van der Waals surface area contributed by atoms with Crippen LogP contribution < -0.4 is 5.32 Å². The lowest BCUT2D eigenvalue weighted by atomic mass is 9.76. The van der Waals surface area contributed by atoms with Crippen LogP contribution in [0.25, 0.3) is 0 Å². The van der Waals surface area contributed by atoms with Crippen molar-refractivity contribution < 1.29 is 63.1 Å². The Morgan fingerprint density at radius 1 is 0.871 bits per heavy atom. The van der Waals surface area contributed by atoms with Gasteiger partial charge in [-0.25, -0.2) is 0 Å². The van der Waals surface area contributed by atoms with Crippen molar-refractivity contribution in [1.29, 1.82) is 0 Å². The first-order valence-electron chi connectivity index (χ1n) is 23.7. The first-order valence-corrected chi connectivity index (χ1v) is 23.7. The molecule has 0 aromatic rings. The Bertz CT molecular complexity index is 1780. The van der Waals surface area contributed by atoms with Gasteiger partial charge in [-0.15, -0.1) is 0 Å². The van der Waals surface area contributed by atoms with Gasteiger partial charge in [0, 0.05) is 56.9 Å². The number of aliphatic hydroxyl groups is 3. The van der Waals surface area contributed by atoms with E-state index in [2.05, 4.69) is 46.5 Å². The van der Waals surface area contributed by atoms with Crippen molar-refractivity contribution in [2.75, 3.05) is 6.54 Å². The monoisotopic (exact) mass is 872 g/mol. The SMILES string of the molecule is C=C(C[C@]12C[C@H](C)C[C@H](O1)[C@@H]1O[C@@]3(C[C@@H]1O2)NC[C@@H](C)C[C@H]3C)[C@H]1O[C@@](O)([C@@H](O)[C@H]2C[C@@H]3O[C@@]4(CC[C@]5(C=C(C)C[C@@H](/C=C/[C@H](O)CC(=O)O)O5)O4)[C@@H](C)C[C@@H]3O2)[C@H](C)C[C@@H]1C. The van der Waals surface area contributed by atoms with Crippen molar-refractivity contribution >= 4 is 5.97 Å². The molecular formula is C48H73NO13. The van der Waals surface area contributed by atoms with E-state index >= 15 is 0 Å². The van der Waals surface area contributed by atoms with Crippen LogP contribution in [0.2, 0.25) is 0 Å². The molecule has 3 spiro atoms. The van der Waals surface area contributed by atoms with Crippen molar-refractivity contribution in [1.82, 2.24) is 5.32 Å². The van der Waals surface area contributed by atoms with Crippen molar-refractivity contribution in [2.24, 2.45) is 35.5 Å². The van der Waals surface area contributed by atoms with Gasteiger partial charge in [0.2, 0.25) is 0 Å². The van der Waals surface area contributed by atoms with E-state index in [4.69, 9.17) is 43.0 Å². The molecule has 9 rings (SSSR count). The zero-order chi connectivity index (χ0) is 44.1. The normalized spacial score (nSPS) is 52.3. The van der Waals surface area contributed by atoms with Gasteiger partial charge in [-0.3, -0.25) is 10.1 Å². The van der Waals surface area contributed by atoms with E-state index in [-0.39, 0.29) is 48.8 Å². The molecule has 9 heterocycles. The summed E-state index contributed by atoms with van der Waals surface area (Å²) < 4.78 is 54.2. The third-order valence-corrected chi connectivity index (χ3v) is 16.2. The van der Waals surface area contributed by atoms with Crippen molar-refractivity contribution in [3.63, 3.8) is 0 Å². The molecule has 9 aliphatic rings. The highest BCUT2D eigenvalue weighted by atomic mass is 16.8. The summed E-state index contributed by atoms with van der Waals surface area (Å²) in [5, 5.41) is 47.5. The fourth-order valence-corrected chi connectivity index (χ4v) is 13.2. The molecule has 0 saturated carbocycles. The molecule has 9 aliphatic heterocycles. The number of carboxylic acid groups (broad SMARTS) is 1. The highest BCUT2D eigenvalue weighted by molar-refractivity contribution is 5.67. The number of hydrogen-bond acceptors (Lipinski definition) is 13. The van der Waals surface area contributed by atoms with Gasteiger partial charge in [-0.1, -0.05) is 65.8 Å². The van der Waals surface area contributed by atoms with Gasteiger partial charge in [-0.2, -0.15) is 0 Å². The average Bonchev–Trinajstić information content (AvgIpc) is 3.87. The second-order valence-corrected chi connectivity index (χ2v) is 21.6. The Morgan fingerprint density at radius 3 is 2.40 bits per heavy atom. The number of rotatable bonds is 9. The number of nitrogens with one attached hydrogen (secondary N) is 1. The molecule has 62 heavy (non-hydrogen) atoms. The molecule has 0 unspecified atom stereocenters. The summed E-state index contributed by atoms with van der Waals surface area (Å²) in [6, 6.07) is 0. The smallest absolute Gasteiger partial charge is 0.306 e. The van der Waals surface area contributed by atoms with Crippen LogP contribution in [0.4, 0.5) is 0 Å². The van der Waals surface area contributed by atoms with E-state index in [1.165, 1.54) is 6.08 Å². The van der Waals surface area contributed by atoms with Crippen LogP contribution in [-0.2, 0) is 42.7 Å². The van der Waals surface area contributed by atoms with Gasteiger partial charge in [-0.05, 0) is 74.3 Å². The number of aliphatic hydroxyl groups excluding tert-OH is 2. The third-order valence-electron chi connectivity index (χ3n) is 16.2. The second kappa shape index (κ2) is 16.5. The average molecular weight is 872 g/mol. The van der Waals surface area contributed by atoms with E-state index in [9.17, 15) is 20.1 Å². The zero-order valence-electron chi connectivity index (χ0n) is 37.8. The molecule has 0 radical (unpaired) electrons. The number of hydrogen-bond donors (Lipinski definition) is 5. The molecule has 0 aromatic carbocycles. The topological polar surface area (TPSA) is 184 Å². The predicted octanol–water partition coefficient (Wildman–Crippen LogP) is 5.62. The van der Waals surface area contributed by atoms with Crippen LogP contribution >= 0.6 is 0 Å². The van der Waals surface area contributed by atoms with Gasteiger partial charge in [0.25, 0.3) is 0 Å². The standard InChI is InChI=1S/C48H73NO13/c1-25-14-34(10-9-33(50)18-40(51)52)56-44(20-25)11-12-47(62-44)31(7)17-35-36(59-47)19-38(55-35)43(53)48(54)32(8)16-28(4)41(61-48)29(5)22-45-21-26(2)15-37(57-45)42-39(58-45)23-46(60-42)30(6)13-27(3)24-49-46/h9-10,20,26-28,30-39,41-43,49-50,53-54H,5,11-19,21-24H2,1-4,6-8H3,(H,51,52)/b10-9+/t26-,27+,28+,30-,31+,32-,33+,34-,35+,36+,37+,38-,39+,41+,42+,43+,44-,45-,46-,47-,48-/m1/s1. The van der Waals surface area contributed by atoms with Crippen molar-refractivity contribution in [3.05, 3.63) is 36.0 Å². The first-order chi connectivity index (χ1) is 29.2. The van der Waals surface area contributed by atoms with Crippen LogP contribution in [0, 0.1) is 35.5 Å². The molecule has 14 heteroatoms. The summed E-state index contributed by atoms with van der Waals surface area (Å²) in [5.41, 5.74) is 1.44. The molecule has 0 amide bonds. The van der Waals surface area contributed by atoms with Gasteiger partial charge >= 0.3 is 5.97 Å². The maximum atomic E-state index is 12.4. The summed E-state index contributed by atoms with van der Waals surface area (Å²) in [5.74, 6) is -4.97. The minimum absolute atomic E-state index is 0.0226. The molecule has 21 atom stereocenters. The summed E-state index contributed by atoms with van der Waals surface area (Å²) in [4.78, 5) is 11.1. The number of carboxylic acids is 1. The lowest BCUT2D eigenvalue weighted by molar-refractivity contribution is -0.367. The lowest BCUT2D eigenvalue weighted by Gasteiger charge is -2.53. The molecule has 8 saturated heterocycles. The Hall–Kier alpha value is -1.79. The quantitative estimate of drug-likeness (QED) is 0.180. The van der Waals surface area contributed by atoms with E-state index in [0.29, 0.717) is 62.7 Å². The minimum atomic E-state index is -1.90. The fraction of sp³-hybridized carbons (Fsp3) is 0.854. The molecular weight excluding hydrogens is 799 g/mol. The van der Waals surface area contributed by atoms with E-state index in [1.54, 1.807) is 6.08 Å². The van der Waals surface area contributed by atoms with Crippen LogP contribution in [0.5, 0.6) is 0 Å². The number of aliphatic carboxylic acids is 1. The largest absolute Gasteiger partial charge is 0.481 e. The maximum Gasteiger partial charge on any atom is 0.306 e. The van der Waals surface area contributed by atoms with Crippen LogP contribution in [0.1, 0.15) is 126 Å². The van der Waals surface area contributed by atoms with Gasteiger partial charge in [0.15, 0.2) is 23.1 Å². The third kappa shape index (κ3) is 8.22. The Balaban J connectivity index is 0.852. The summed E-state index contributed by atoms with van der Waals surface area (Å²) >= 11 is 0. The van der Waals surface area contributed by atoms with E-state index in [1.807, 2.05) is 19.9 Å². The molecule has 5 N–H and O–H groups in total. The Morgan fingerprint density at radius 2 is 1.65 bits per heavy atom. The van der Waals surface area contributed by atoms with Crippen molar-refractivity contribution in [3.8, 4) is 0 Å². The van der Waals surface area contributed by atoms with Crippen molar-refractivity contribution in [2.45, 2.75) is 215 Å². The predicted molar refractivity (Wildman–Crippen MR) is 225 cm³/mol. The van der Waals surface area contributed by atoms with Crippen LogP contribution in [0.3, 0.4) is 0 Å². The van der Waals surface area contributed by atoms with Gasteiger partial charge in [0.1, 0.15) is 17.9 Å². The van der Waals surface area contributed by atoms with E-state index < -0.39 is 71.3 Å². The molecule has 2 bridgehead atoms. The highest BCUT2D eigenvalue weighted by Crippen LogP contribution is 2.56. The van der Waals surface area contributed by atoms with Gasteiger partial charge < -0.3 is 58.3 Å². The summed E-state index contributed by atoms with van der Waals surface area (Å²) in [7, 11) is 0. The number of ether oxygens (including phenoxy) is 8. The minimum Gasteiger partial charge on any atom is -0.481 e. The summed E-state index contributed by atoms with van der Waals surface area (Å²) in [6.07, 6.45) is 6.88. The zero-order valence-corrected chi connectivity index (χ0v) is 37.8. The molecule has 14 nitrogen and oxygen atoms in total. The molecule has 0 aliphatic carbocycles. The lowest BCUT2D eigenvalue weighted by Crippen LogP contribution is -2.62. The second-order valence-electron chi connectivity index (χ2n) is 21.6. The maximum absolute atomic E-state index is 12.4. The first kappa shape index (κ1) is 45.4.